The van der Waals surface area contributed by atoms with Crippen molar-refractivity contribution in [3.8, 4) is 11.6 Å². The molecule has 5 nitrogen and oxygen atoms in total. The summed E-state index contributed by atoms with van der Waals surface area (Å²) in [7, 11) is 1.47. The second kappa shape index (κ2) is 9.02. The van der Waals surface area contributed by atoms with Gasteiger partial charge in [0.1, 0.15) is 11.6 Å². The maximum absolute atomic E-state index is 12.8. The monoisotopic (exact) mass is 370 g/mol. The van der Waals surface area contributed by atoms with Crippen molar-refractivity contribution in [2.75, 3.05) is 13.6 Å². The Morgan fingerprint density at radius 2 is 1.85 bits per heavy atom. The largest absolute Gasteiger partial charge is 0.439 e. The highest BCUT2D eigenvalue weighted by molar-refractivity contribution is 5.79. The lowest BCUT2D eigenvalue weighted by molar-refractivity contribution is -0.132. The zero-order valence-electron chi connectivity index (χ0n) is 14.0. The van der Waals surface area contributed by atoms with E-state index in [0.29, 0.717) is 18.2 Å². The highest BCUT2D eigenvalue weighted by Gasteiger charge is 2.26. The predicted molar refractivity (Wildman–Crippen MR) is 89.6 cm³/mol. The summed E-state index contributed by atoms with van der Waals surface area (Å²) in [5.41, 5.74) is 0.787. The van der Waals surface area contributed by atoms with E-state index >= 15 is 0 Å². The Hall–Kier alpha value is -2.84. The average Bonchev–Trinajstić information content (AvgIpc) is 2.60. The van der Waals surface area contributed by atoms with Crippen LogP contribution in [0.25, 0.3) is 0 Å². The van der Waals surface area contributed by atoms with Gasteiger partial charge in [0.2, 0.25) is 5.88 Å². The molecule has 0 fully saturated rings. The minimum atomic E-state index is -4.21. The van der Waals surface area contributed by atoms with Gasteiger partial charge in [-0.25, -0.2) is 9.37 Å². The van der Waals surface area contributed by atoms with Crippen molar-refractivity contribution in [3.63, 3.8) is 0 Å². The van der Waals surface area contributed by atoms with Gasteiger partial charge in [0.25, 0.3) is 0 Å². The van der Waals surface area contributed by atoms with Gasteiger partial charge in [-0.05, 0) is 29.8 Å². The third kappa shape index (κ3) is 6.96. The number of halogens is 4. The topological polar surface area (TPSA) is 58.5 Å². The molecule has 0 atom stereocenters. The number of pyridine rings is 1. The van der Waals surface area contributed by atoms with Gasteiger partial charge >= 0.3 is 6.18 Å². The smallest absolute Gasteiger partial charge is 0.390 e. The van der Waals surface area contributed by atoms with Crippen LogP contribution >= 0.6 is 0 Å². The Morgan fingerprint density at radius 1 is 1.12 bits per heavy atom. The van der Waals surface area contributed by atoms with E-state index in [1.807, 2.05) is 0 Å². The third-order valence-corrected chi connectivity index (χ3v) is 3.22. The lowest BCUT2D eigenvalue weighted by atomic mass is 10.3. The fourth-order valence-electron chi connectivity index (χ4n) is 1.93. The molecule has 0 aliphatic carbocycles. The van der Waals surface area contributed by atoms with E-state index in [4.69, 9.17) is 4.74 Å². The molecule has 0 unspecified atom stereocenters. The van der Waals surface area contributed by atoms with Crippen LogP contribution in [0.2, 0.25) is 0 Å². The van der Waals surface area contributed by atoms with Crippen molar-refractivity contribution in [1.29, 1.82) is 0 Å². The maximum atomic E-state index is 12.8. The first-order chi connectivity index (χ1) is 12.4. The summed E-state index contributed by atoms with van der Waals surface area (Å²) in [6.07, 6.45) is -3.59. The second-order valence-electron chi connectivity index (χ2n) is 5.28. The Bertz CT molecular complexity index is 715. The van der Waals surface area contributed by atoms with Crippen LogP contribution in [-0.2, 0) is 6.54 Å². The van der Waals surface area contributed by atoms with Gasteiger partial charge in [0.15, 0.2) is 5.96 Å². The van der Waals surface area contributed by atoms with E-state index in [1.54, 1.807) is 18.3 Å². The zero-order chi connectivity index (χ0) is 19.0. The van der Waals surface area contributed by atoms with E-state index in [0.717, 1.165) is 5.56 Å². The Labute approximate surface area is 148 Å². The average molecular weight is 370 g/mol. The van der Waals surface area contributed by atoms with Crippen LogP contribution in [0.4, 0.5) is 17.6 Å². The molecule has 140 valence electrons. The van der Waals surface area contributed by atoms with Crippen molar-refractivity contribution in [2.24, 2.45) is 4.99 Å². The van der Waals surface area contributed by atoms with Crippen molar-refractivity contribution in [1.82, 2.24) is 15.6 Å². The van der Waals surface area contributed by atoms with Crippen LogP contribution in [0.1, 0.15) is 12.0 Å². The highest BCUT2D eigenvalue weighted by atomic mass is 19.4. The molecular formula is C17H18F4N4O. The van der Waals surface area contributed by atoms with Gasteiger partial charge in [-0.2, -0.15) is 13.2 Å². The van der Waals surface area contributed by atoms with Gasteiger partial charge in [0, 0.05) is 32.4 Å². The summed E-state index contributed by atoms with van der Waals surface area (Å²) in [6.45, 7) is 0.0708. The highest BCUT2D eigenvalue weighted by Crippen LogP contribution is 2.19. The first kappa shape index (κ1) is 19.5. The van der Waals surface area contributed by atoms with Crippen LogP contribution in [-0.4, -0.2) is 30.7 Å². The molecule has 0 spiro atoms. The molecule has 0 saturated carbocycles. The molecule has 1 aromatic heterocycles. The molecule has 1 heterocycles. The van der Waals surface area contributed by atoms with Crippen molar-refractivity contribution in [2.45, 2.75) is 19.1 Å². The number of hydrogen-bond acceptors (Lipinski definition) is 3. The van der Waals surface area contributed by atoms with E-state index < -0.39 is 12.6 Å². The normalized spacial score (nSPS) is 12.0. The van der Waals surface area contributed by atoms with E-state index in [-0.39, 0.29) is 18.3 Å². The summed E-state index contributed by atoms with van der Waals surface area (Å²) in [5.74, 6) is 0.706. The number of guanidine groups is 1. The number of hydrogen-bond donors (Lipinski definition) is 2. The van der Waals surface area contributed by atoms with Crippen LogP contribution < -0.4 is 15.4 Å². The van der Waals surface area contributed by atoms with Crippen LogP contribution in [0.15, 0.2) is 47.6 Å². The zero-order valence-corrected chi connectivity index (χ0v) is 14.0. The molecule has 0 aliphatic heterocycles. The van der Waals surface area contributed by atoms with Crippen molar-refractivity contribution < 1.29 is 22.3 Å². The molecule has 2 N–H and O–H groups in total. The molecule has 0 amide bonds. The van der Waals surface area contributed by atoms with Crippen molar-refractivity contribution in [3.05, 3.63) is 54.0 Å². The quantitative estimate of drug-likeness (QED) is 0.463. The van der Waals surface area contributed by atoms with Crippen LogP contribution in [0.5, 0.6) is 11.6 Å². The van der Waals surface area contributed by atoms with Crippen LogP contribution in [0.3, 0.4) is 0 Å². The number of aliphatic imine (C=N–C) groups is 1. The number of nitrogens with zero attached hydrogens (tertiary/aromatic N) is 2. The van der Waals surface area contributed by atoms with Crippen molar-refractivity contribution >= 4 is 5.96 Å². The Morgan fingerprint density at radius 3 is 2.42 bits per heavy atom. The molecule has 0 radical (unpaired) electrons. The van der Waals surface area contributed by atoms with E-state index in [2.05, 4.69) is 20.6 Å². The standard InChI is InChI=1S/C17H18F4N4O/c1-22-16(23-9-8-17(19,20)21)25-11-12-2-7-15(24-10-12)26-14-5-3-13(18)4-6-14/h2-7,10H,8-9,11H2,1H3,(H2,22,23,25). The summed E-state index contributed by atoms with van der Waals surface area (Å²) < 4.78 is 54.7. The molecule has 0 aliphatic rings. The minimum absolute atomic E-state index is 0.258. The number of rotatable bonds is 6. The number of alkyl halides is 3. The van der Waals surface area contributed by atoms with E-state index in [1.165, 1.54) is 31.3 Å². The summed E-state index contributed by atoms with van der Waals surface area (Å²) >= 11 is 0. The Kier molecular flexibility index (Phi) is 6.76. The minimum Gasteiger partial charge on any atom is -0.439 e. The third-order valence-electron chi connectivity index (χ3n) is 3.22. The molecule has 2 rings (SSSR count). The second-order valence-corrected chi connectivity index (χ2v) is 5.28. The lowest BCUT2D eigenvalue weighted by Gasteiger charge is -2.13. The van der Waals surface area contributed by atoms with Gasteiger partial charge in [0.05, 0.1) is 6.42 Å². The fourth-order valence-corrected chi connectivity index (χ4v) is 1.93. The van der Waals surface area contributed by atoms with Gasteiger partial charge in [-0.3, -0.25) is 4.99 Å². The summed E-state index contributed by atoms with van der Waals surface area (Å²) in [6, 6.07) is 8.93. The van der Waals surface area contributed by atoms with Crippen LogP contribution in [0, 0.1) is 5.82 Å². The number of benzene rings is 1. The first-order valence-corrected chi connectivity index (χ1v) is 7.75. The summed E-state index contributed by atoms with van der Waals surface area (Å²) in [4.78, 5) is 7.98. The number of aromatic nitrogens is 1. The summed E-state index contributed by atoms with van der Waals surface area (Å²) in [5, 5.41) is 5.48. The number of nitrogens with one attached hydrogen (secondary N) is 2. The SMILES string of the molecule is CN=C(NCCC(F)(F)F)NCc1ccc(Oc2ccc(F)cc2)nc1. The lowest BCUT2D eigenvalue weighted by Crippen LogP contribution is -2.38. The molecular weight excluding hydrogens is 352 g/mol. The molecule has 0 saturated heterocycles. The van der Waals surface area contributed by atoms with Gasteiger partial charge in [-0.1, -0.05) is 6.07 Å². The van der Waals surface area contributed by atoms with Gasteiger partial charge < -0.3 is 15.4 Å². The predicted octanol–water partition coefficient (Wildman–Crippen LogP) is 3.63. The van der Waals surface area contributed by atoms with Gasteiger partial charge in [-0.15, -0.1) is 0 Å². The maximum Gasteiger partial charge on any atom is 0.390 e. The first-order valence-electron chi connectivity index (χ1n) is 7.75. The molecule has 1 aromatic carbocycles. The molecule has 2 aromatic rings. The molecule has 0 bridgehead atoms. The Balaban J connectivity index is 1.81. The molecule has 9 heteroatoms. The fraction of sp³-hybridized carbons (Fsp3) is 0.294. The molecule has 26 heavy (non-hydrogen) atoms. The van der Waals surface area contributed by atoms with E-state index in [9.17, 15) is 17.6 Å². The number of ether oxygens (including phenoxy) is 1.